The first-order valence-electron chi connectivity index (χ1n) is 10.5. The van der Waals surface area contributed by atoms with Crippen molar-refractivity contribution in [3.63, 3.8) is 0 Å². The summed E-state index contributed by atoms with van der Waals surface area (Å²) in [7, 11) is 3.32. The summed E-state index contributed by atoms with van der Waals surface area (Å²) in [5, 5.41) is 6.84. The first-order chi connectivity index (χ1) is 15.0. The van der Waals surface area contributed by atoms with Crippen LogP contribution in [0.2, 0.25) is 5.02 Å². The highest BCUT2D eigenvalue weighted by Crippen LogP contribution is 2.34. The maximum atomic E-state index is 13.2. The Morgan fingerprint density at radius 2 is 1.81 bits per heavy atom. The molecule has 162 valence electrons. The van der Waals surface area contributed by atoms with Crippen molar-refractivity contribution in [2.45, 2.75) is 31.7 Å². The van der Waals surface area contributed by atoms with Gasteiger partial charge in [-0.1, -0.05) is 30.2 Å². The van der Waals surface area contributed by atoms with Crippen LogP contribution in [0.3, 0.4) is 0 Å². The highest BCUT2D eigenvalue weighted by Gasteiger charge is 2.35. The number of nitrogens with zero attached hydrogens (tertiary/aromatic N) is 3. The summed E-state index contributed by atoms with van der Waals surface area (Å²) in [4.78, 5) is 27.2. The van der Waals surface area contributed by atoms with Crippen molar-refractivity contribution in [1.29, 1.82) is 0 Å². The van der Waals surface area contributed by atoms with Crippen molar-refractivity contribution in [2.75, 3.05) is 20.7 Å². The fourth-order valence-electron chi connectivity index (χ4n) is 3.96. The van der Waals surface area contributed by atoms with Gasteiger partial charge in [0.1, 0.15) is 12.3 Å². The number of ether oxygens (including phenoxy) is 1. The molecule has 0 bridgehead atoms. The average Bonchev–Trinajstić information content (AvgIpc) is 3.18. The van der Waals surface area contributed by atoms with E-state index in [2.05, 4.69) is 5.10 Å². The first-order valence-corrected chi connectivity index (χ1v) is 10.9. The quantitative estimate of drug-likeness (QED) is 0.674. The highest BCUT2D eigenvalue weighted by atomic mass is 35.5. The number of carbonyl (C=O) groups is 2. The number of hydrogen-bond donors (Lipinski definition) is 0. The fraction of sp³-hybridized carbons (Fsp3) is 0.375. The van der Waals surface area contributed by atoms with Crippen LogP contribution in [0.4, 0.5) is 0 Å². The number of benzene rings is 2. The molecule has 0 saturated heterocycles. The van der Waals surface area contributed by atoms with Gasteiger partial charge in [-0.15, -0.1) is 0 Å². The van der Waals surface area contributed by atoms with Crippen LogP contribution < -0.4 is 4.74 Å². The summed E-state index contributed by atoms with van der Waals surface area (Å²) in [6, 6.07) is 14.9. The maximum Gasteiger partial charge on any atom is 0.262 e. The molecule has 2 amide bonds. The zero-order valence-electron chi connectivity index (χ0n) is 17.8. The van der Waals surface area contributed by atoms with E-state index in [1.165, 1.54) is 9.91 Å². The molecule has 4 rings (SSSR count). The second-order valence-corrected chi connectivity index (χ2v) is 8.54. The Labute approximate surface area is 187 Å². The molecule has 7 heteroatoms. The van der Waals surface area contributed by atoms with E-state index >= 15 is 0 Å². The minimum Gasteiger partial charge on any atom is -0.497 e. The Hall–Kier alpha value is -2.86. The molecule has 0 radical (unpaired) electrons. The molecule has 6 nitrogen and oxygen atoms in total. The van der Waals surface area contributed by atoms with E-state index in [1.807, 2.05) is 48.5 Å². The molecule has 31 heavy (non-hydrogen) atoms. The van der Waals surface area contributed by atoms with Crippen LogP contribution in [0.15, 0.2) is 53.6 Å². The molecule has 0 N–H and O–H groups in total. The predicted octanol–water partition coefficient (Wildman–Crippen LogP) is 4.28. The first kappa shape index (κ1) is 21.4. The lowest BCUT2D eigenvalue weighted by Gasteiger charge is -2.30. The standard InChI is InChI=1S/C24H26ClN3O3/c1-27(24(30)18-4-3-5-18)15-23(29)28-22(17-6-10-19(25)11-7-17)14-21(26-28)16-8-12-20(31-2)13-9-16/h6-13,18,22H,3-5,14-15H2,1-2H3/t22-/m1/s1. The van der Waals surface area contributed by atoms with Gasteiger partial charge >= 0.3 is 0 Å². The van der Waals surface area contributed by atoms with E-state index < -0.39 is 0 Å². The third-order valence-electron chi connectivity index (χ3n) is 6.05. The molecule has 1 aliphatic heterocycles. The molecule has 1 heterocycles. The van der Waals surface area contributed by atoms with E-state index in [-0.39, 0.29) is 30.3 Å². The van der Waals surface area contributed by atoms with Crippen LogP contribution in [0.25, 0.3) is 0 Å². The normalized spacial score (nSPS) is 18.4. The van der Waals surface area contributed by atoms with Crippen LogP contribution in [0.1, 0.15) is 42.9 Å². The zero-order chi connectivity index (χ0) is 22.0. The van der Waals surface area contributed by atoms with Crippen molar-refractivity contribution in [1.82, 2.24) is 9.91 Å². The van der Waals surface area contributed by atoms with Gasteiger partial charge in [-0.25, -0.2) is 5.01 Å². The van der Waals surface area contributed by atoms with Gasteiger partial charge in [-0.2, -0.15) is 5.10 Å². The number of halogens is 1. The summed E-state index contributed by atoms with van der Waals surface area (Å²) < 4.78 is 5.24. The summed E-state index contributed by atoms with van der Waals surface area (Å²) >= 11 is 6.06. The number of hydrazone groups is 1. The minimum atomic E-state index is -0.242. The van der Waals surface area contributed by atoms with Crippen LogP contribution in [-0.4, -0.2) is 48.1 Å². The molecular formula is C24H26ClN3O3. The Bertz CT molecular complexity index is 984. The van der Waals surface area contributed by atoms with Gasteiger partial charge in [0, 0.05) is 24.4 Å². The third kappa shape index (κ3) is 4.59. The summed E-state index contributed by atoms with van der Waals surface area (Å²) in [5.41, 5.74) is 2.72. The Morgan fingerprint density at radius 3 is 2.39 bits per heavy atom. The van der Waals surface area contributed by atoms with Crippen molar-refractivity contribution < 1.29 is 14.3 Å². The molecule has 2 aromatic carbocycles. The SMILES string of the molecule is COc1ccc(C2=NN(C(=O)CN(C)C(=O)C3CCC3)[C@@H](c3ccc(Cl)cc3)C2)cc1. The Morgan fingerprint density at radius 1 is 1.13 bits per heavy atom. The Balaban J connectivity index is 1.57. The van der Waals surface area contributed by atoms with Crippen LogP contribution in [0, 0.1) is 5.92 Å². The fourth-order valence-corrected chi connectivity index (χ4v) is 4.09. The average molecular weight is 440 g/mol. The van der Waals surface area contributed by atoms with Crippen molar-refractivity contribution in [3.8, 4) is 5.75 Å². The highest BCUT2D eigenvalue weighted by molar-refractivity contribution is 6.30. The van der Waals surface area contributed by atoms with E-state index in [1.54, 1.807) is 14.2 Å². The van der Waals surface area contributed by atoms with E-state index in [0.29, 0.717) is 11.4 Å². The molecule has 1 fully saturated rings. The van der Waals surface area contributed by atoms with Gasteiger partial charge in [0.25, 0.3) is 5.91 Å². The molecule has 1 saturated carbocycles. The molecule has 0 spiro atoms. The lowest BCUT2D eigenvalue weighted by atomic mass is 9.84. The zero-order valence-corrected chi connectivity index (χ0v) is 18.5. The lowest BCUT2D eigenvalue weighted by molar-refractivity contribution is -0.144. The van der Waals surface area contributed by atoms with Gasteiger partial charge in [-0.05, 0) is 60.4 Å². The van der Waals surface area contributed by atoms with Crippen molar-refractivity contribution in [3.05, 3.63) is 64.7 Å². The summed E-state index contributed by atoms with van der Waals surface area (Å²) in [6.45, 7) is 0.0127. The van der Waals surface area contributed by atoms with Crippen molar-refractivity contribution >= 4 is 29.1 Å². The molecule has 2 aliphatic rings. The van der Waals surface area contributed by atoms with Gasteiger partial charge in [0.05, 0.1) is 18.9 Å². The summed E-state index contributed by atoms with van der Waals surface area (Å²) in [5.74, 6) is 0.669. The van der Waals surface area contributed by atoms with E-state index in [0.717, 1.165) is 41.9 Å². The lowest BCUT2D eigenvalue weighted by Crippen LogP contribution is -2.42. The van der Waals surface area contributed by atoms with Gasteiger partial charge < -0.3 is 9.64 Å². The number of carbonyl (C=O) groups excluding carboxylic acids is 2. The molecule has 1 aliphatic carbocycles. The predicted molar refractivity (Wildman–Crippen MR) is 120 cm³/mol. The van der Waals surface area contributed by atoms with Crippen LogP contribution in [0.5, 0.6) is 5.75 Å². The molecule has 2 aromatic rings. The monoisotopic (exact) mass is 439 g/mol. The number of rotatable bonds is 6. The smallest absolute Gasteiger partial charge is 0.262 e. The number of hydrogen-bond acceptors (Lipinski definition) is 4. The maximum absolute atomic E-state index is 13.2. The van der Waals surface area contributed by atoms with Crippen LogP contribution in [-0.2, 0) is 9.59 Å². The molecular weight excluding hydrogens is 414 g/mol. The van der Waals surface area contributed by atoms with Gasteiger partial charge in [0.15, 0.2) is 0 Å². The van der Waals surface area contributed by atoms with E-state index in [4.69, 9.17) is 16.3 Å². The van der Waals surface area contributed by atoms with Gasteiger partial charge in [0.2, 0.25) is 5.91 Å². The number of amides is 2. The molecule has 0 unspecified atom stereocenters. The molecule has 1 atom stereocenters. The van der Waals surface area contributed by atoms with Crippen molar-refractivity contribution in [2.24, 2.45) is 11.0 Å². The number of likely N-dealkylation sites (N-methyl/N-ethyl adjacent to an activating group) is 1. The Kier molecular flexibility index (Phi) is 6.28. The minimum absolute atomic E-state index is 0.0127. The second kappa shape index (κ2) is 9.10. The van der Waals surface area contributed by atoms with Gasteiger partial charge in [-0.3, -0.25) is 9.59 Å². The molecule has 0 aromatic heterocycles. The topological polar surface area (TPSA) is 62.2 Å². The summed E-state index contributed by atoms with van der Waals surface area (Å²) in [6.07, 6.45) is 3.49. The largest absolute Gasteiger partial charge is 0.497 e. The number of methoxy groups -OCH3 is 1. The van der Waals surface area contributed by atoms with E-state index in [9.17, 15) is 9.59 Å². The van der Waals surface area contributed by atoms with Crippen LogP contribution >= 0.6 is 11.6 Å². The second-order valence-electron chi connectivity index (χ2n) is 8.11. The third-order valence-corrected chi connectivity index (χ3v) is 6.30.